The molecule has 5 heteroatoms. The van der Waals surface area contributed by atoms with Gasteiger partial charge in [0.1, 0.15) is 5.82 Å². The monoisotopic (exact) mass is 338 g/mol. The van der Waals surface area contributed by atoms with Gasteiger partial charge in [0, 0.05) is 22.8 Å². The van der Waals surface area contributed by atoms with Crippen LogP contribution in [0.25, 0.3) is 10.9 Å². The van der Waals surface area contributed by atoms with Crippen LogP contribution in [0.1, 0.15) is 30.6 Å². The Morgan fingerprint density at radius 3 is 2.75 bits per heavy atom. The zero-order chi connectivity index (χ0) is 16.2. The lowest BCUT2D eigenvalue weighted by Crippen LogP contribution is -2.17. The molecular weight excluding hydrogens is 316 g/mol. The van der Waals surface area contributed by atoms with Gasteiger partial charge in [-0.1, -0.05) is 31.0 Å². The molecule has 2 N–H and O–H groups in total. The third-order valence-electron chi connectivity index (χ3n) is 4.53. The van der Waals surface area contributed by atoms with Crippen molar-refractivity contribution in [2.24, 2.45) is 0 Å². The summed E-state index contributed by atoms with van der Waals surface area (Å²) in [6.07, 6.45) is 6.09. The first kappa shape index (κ1) is 15.4. The summed E-state index contributed by atoms with van der Waals surface area (Å²) in [4.78, 5) is 10.8. The molecule has 1 aliphatic rings. The molecule has 1 aliphatic carbocycles. The minimum absolute atomic E-state index is 0.544. The lowest BCUT2D eigenvalue weighted by atomic mass is 10.2. The Kier molecular flexibility index (Phi) is 4.60. The molecule has 4 nitrogen and oxygen atoms in total. The molecule has 0 radical (unpaired) electrons. The van der Waals surface area contributed by atoms with Gasteiger partial charge in [0.25, 0.3) is 0 Å². The van der Waals surface area contributed by atoms with Crippen molar-refractivity contribution in [3.8, 4) is 0 Å². The number of fused-ring (bicyclic) bond motifs is 1. The molecule has 1 aromatic carbocycles. The maximum Gasteiger partial charge on any atom is 0.225 e. The molecule has 124 valence electrons. The summed E-state index contributed by atoms with van der Waals surface area (Å²) in [5.74, 6) is 1.68. The number of nitrogens with one attached hydrogen (secondary N) is 2. The number of nitrogens with zero attached hydrogens (tertiary/aromatic N) is 2. The van der Waals surface area contributed by atoms with Gasteiger partial charge in [-0.25, -0.2) is 4.98 Å². The van der Waals surface area contributed by atoms with E-state index in [4.69, 9.17) is 4.98 Å². The summed E-state index contributed by atoms with van der Waals surface area (Å²) in [5, 5.41) is 10.2. The summed E-state index contributed by atoms with van der Waals surface area (Å²) in [7, 11) is 0. The van der Waals surface area contributed by atoms with Crippen molar-refractivity contribution < 1.29 is 0 Å². The highest BCUT2D eigenvalue weighted by atomic mass is 32.1. The highest BCUT2D eigenvalue weighted by molar-refractivity contribution is 7.09. The molecule has 0 bridgehead atoms. The lowest BCUT2D eigenvalue weighted by Gasteiger charge is -2.16. The van der Waals surface area contributed by atoms with Gasteiger partial charge in [-0.2, -0.15) is 4.98 Å². The van der Waals surface area contributed by atoms with Crippen LogP contribution in [0, 0.1) is 0 Å². The van der Waals surface area contributed by atoms with Gasteiger partial charge in [0.15, 0.2) is 0 Å². The van der Waals surface area contributed by atoms with E-state index in [0.717, 1.165) is 29.7 Å². The number of anilines is 2. The van der Waals surface area contributed by atoms with Crippen LogP contribution >= 0.6 is 11.3 Å². The Bertz CT molecular complexity index is 794. The summed E-state index contributed by atoms with van der Waals surface area (Å²) in [6.45, 7) is 0.849. The average Bonchev–Trinajstić information content (AvgIpc) is 3.29. The highest BCUT2D eigenvalue weighted by Crippen LogP contribution is 2.27. The maximum atomic E-state index is 4.75. The topological polar surface area (TPSA) is 49.8 Å². The van der Waals surface area contributed by atoms with E-state index in [1.807, 2.05) is 6.07 Å². The van der Waals surface area contributed by atoms with Gasteiger partial charge in [-0.05, 0) is 42.8 Å². The number of hydrogen-bond donors (Lipinski definition) is 2. The lowest BCUT2D eigenvalue weighted by molar-refractivity contribution is 0.751. The fourth-order valence-electron chi connectivity index (χ4n) is 3.28. The van der Waals surface area contributed by atoms with E-state index in [1.165, 1.54) is 30.6 Å². The molecule has 0 atom stereocenters. The Morgan fingerprint density at radius 2 is 1.92 bits per heavy atom. The van der Waals surface area contributed by atoms with Crippen LogP contribution in [0.15, 0.2) is 41.8 Å². The minimum atomic E-state index is 0.544. The van der Waals surface area contributed by atoms with Gasteiger partial charge in [-0.3, -0.25) is 0 Å². The van der Waals surface area contributed by atoms with Gasteiger partial charge in [0.05, 0.1) is 5.52 Å². The Hall–Kier alpha value is -2.14. The summed E-state index contributed by atoms with van der Waals surface area (Å²) < 4.78 is 0. The second-order valence-corrected chi connectivity index (χ2v) is 7.33. The average molecular weight is 338 g/mol. The van der Waals surface area contributed by atoms with E-state index in [2.05, 4.69) is 51.3 Å². The Morgan fingerprint density at radius 1 is 1.04 bits per heavy atom. The van der Waals surface area contributed by atoms with Crippen molar-refractivity contribution in [2.75, 3.05) is 17.2 Å². The maximum absolute atomic E-state index is 4.75. The van der Waals surface area contributed by atoms with Crippen molar-refractivity contribution in [3.05, 3.63) is 46.7 Å². The first-order valence-corrected chi connectivity index (χ1v) is 9.56. The van der Waals surface area contributed by atoms with Crippen LogP contribution in [0.5, 0.6) is 0 Å². The number of para-hydroxylation sites is 1. The summed E-state index contributed by atoms with van der Waals surface area (Å²) in [5.41, 5.74) is 0.992. The number of aromatic nitrogens is 2. The van der Waals surface area contributed by atoms with Crippen molar-refractivity contribution >= 4 is 34.0 Å². The van der Waals surface area contributed by atoms with Crippen LogP contribution in [-0.2, 0) is 6.42 Å². The normalized spacial score (nSPS) is 15.0. The fraction of sp³-hybridized carbons (Fsp3) is 0.368. The fourth-order valence-corrected chi connectivity index (χ4v) is 3.99. The molecule has 2 aromatic heterocycles. The smallest absolute Gasteiger partial charge is 0.225 e. The summed E-state index contributed by atoms with van der Waals surface area (Å²) in [6, 6.07) is 13.0. The van der Waals surface area contributed by atoms with Gasteiger partial charge < -0.3 is 10.6 Å². The highest BCUT2D eigenvalue weighted by Gasteiger charge is 2.17. The molecule has 2 heterocycles. The van der Waals surface area contributed by atoms with Crippen LogP contribution in [0.2, 0.25) is 0 Å². The van der Waals surface area contributed by atoms with Gasteiger partial charge in [-0.15, -0.1) is 11.3 Å². The quantitative estimate of drug-likeness (QED) is 0.684. The van der Waals surface area contributed by atoms with E-state index < -0.39 is 0 Å². The minimum Gasteiger partial charge on any atom is -0.367 e. The van der Waals surface area contributed by atoms with Crippen molar-refractivity contribution in [1.82, 2.24) is 9.97 Å². The third kappa shape index (κ3) is 3.51. The molecular formula is C19H22N4S. The molecule has 0 unspecified atom stereocenters. The van der Waals surface area contributed by atoms with Crippen LogP contribution in [0.4, 0.5) is 11.8 Å². The number of thiophene rings is 1. The first-order valence-electron chi connectivity index (χ1n) is 8.68. The zero-order valence-electron chi connectivity index (χ0n) is 13.7. The molecule has 4 rings (SSSR count). The zero-order valence-corrected chi connectivity index (χ0v) is 14.5. The molecule has 0 saturated heterocycles. The SMILES string of the molecule is c1csc(CCNc2nc(NC3CCCC3)c3ccccc3n2)c1. The van der Waals surface area contributed by atoms with Crippen molar-refractivity contribution in [1.29, 1.82) is 0 Å². The van der Waals surface area contributed by atoms with E-state index in [0.29, 0.717) is 12.0 Å². The predicted octanol–water partition coefficient (Wildman–Crippen LogP) is 4.70. The molecule has 24 heavy (non-hydrogen) atoms. The number of hydrogen-bond acceptors (Lipinski definition) is 5. The first-order chi connectivity index (χ1) is 11.9. The molecule has 1 fully saturated rings. The molecule has 0 spiro atoms. The third-order valence-corrected chi connectivity index (χ3v) is 5.47. The van der Waals surface area contributed by atoms with E-state index in [-0.39, 0.29) is 0 Å². The molecule has 0 aliphatic heterocycles. The van der Waals surface area contributed by atoms with Gasteiger partial charge in [0.2, 0.25) is 5.95 Å². The number of benzene rings is 1. The predicted molar refractivity (Wildman–Crippen MR) is 102 cm³/mol. The molecule has 1 saturated carbocycles. The second-order valence-electron chi connectivity index (χ2n) is 6.29. The van der Waals surface area contributed by atoms with Crippen LogP contribution < -0.4 is 10.6 Å². The largest absolute Gasteiger partial charge is 0.367 e. The summed E-state index contributed by atoms with van der Waals surface area (Å²) >= 11 is 1.79. The van der Waals surface area contributed by atoms with Crippen molar-refractivity contribution in [2.45, 2.75) is 38.1 Å². The van der Waals surface area contributed by atoms with Crippen molar-refractivity contribution in [3.63, 3.8) is 0 Å². The number of rotatable bonds is 6. The van der Waals surface area contributed by atoms with E-state index >= 15 is 0 Å². The standard InChI is InChI=1S/C19H22N4S/c1-2-7-14(6-1)21-18-16-9-3-4-10-17(16)22-19(23-18)20-12-11-15-8-5-13-24-15/h3-5,8-10,13-14H,1-2,6-7,11-12H2,(H2,20,21,22,23). The van der Waals surface area contributed by atoms with Gasteiger partial charge >= 0.3 is 0 Å². The Balaban J connectivity index is 1.53. The molecule has 0 amide bonds. The van der Waals surface area contributed by atoms with Crippen LogP contribution in [-0.4, -0.2) is 22.6 Å². The Labute approximate surface area is 146 Å². The van der Waals surface area contributed by atoms with E-state index in [1.54, 1.807) is 11.3 Å². The second kappa shape index (κ2) is 7.18. The van der Waals surface area contributed by atoms with Crippen LogP contribution in [0.3, 0.4) is 0 Å². The van der Waals surface area contributed by atoms with E-state index in [9.17, 15) is 0 Å². The molecule has 3 aromatic rings.